The fraction of sp³-hybridized carbons (Fsp3) is 0.429. The molecule has 0 heterocycles. The van der Waals surface area contributed by atoms with Crippen molar-refractivity contribution in [3.05, 3.63) is 29.3 Å². The lowest BCUT2D eigenvalue weighted by molar-refractivity contribution is -0.138. The second-order valence-corrected chi connectivity index (χ2v) is 4.68. The predicted octanol–water partition coefficient (Wildman–Crippen LogP) is 1.62. The first-order valence-corrected chi connectivity index (χ1v) is 6.17. The lowest BCUT2D eigenvalue weighted by Gasteiger charge is -2.20. The summed E-state index contributed by atoms with van der Waals surface area (Å²) < 4.78 is 5.09. The van der Waals surface area contributed by atoms with E-state index in [9.17, 15) is 4.79 Å². The van der Waals surface area contributed by atoms with Crippen LogP contribution in [0.25, 0.3) is 0 Å². The van der Waals surface area contributed by atoms with Crippen LogP contribution in [-0.4, -0.2) is 35.7 Å². The number of carboxylic acid groups (broad SMARTS) is 1. The first-order valence-electron chi connectivity index (χ1n) is 6.17. The van der Waals surface area contributed by atoms with Gasteiger partial charge in [-0.2, -0.15) is 5.26 Å². The first kappa shape index (κ1) is 13.4. The number of carboxylic acids is 1. The molecule has 0 unspecified atom stereocenters. The molecule has 1 saturated carbocycles. The molecule has 1 aliphatic rings. The number of nitriles is 1. The topological polar surface area (TPSA) is 73.6 Å². The van der Waals surface area contributed by atoms with Crippen molar-refractivity contribution < 1.29 is 14.6 Å². The van der Waals surface area contributed by atoms with Gasteiger partial charge in [0, 0.05) is 12.6 Å². The highest BCUT2D eigenvalue weighted by molar-refractivity contribution is 5.69. The van der Waals surface area contributed by atoms with Gasteiger partial charge in [0.15, 0.2) is 0 Å². The number of hydrogen-bond acceptors (Lipinski definition) is 4. The summed E-state index contributed by atoms with van der Waals surface area (Å²) in [5.74, 6) is -0.275. The van der Waals surface area contributed by atoms with Gasteiger partial charge in [-0.15, -0.1) is 0 Å². The Morgan fingerprint density at radius 2 is 2.32 bits per heavy atom. The third-order valence-electron chi connectivity index (χ3n) is 3.17. The summed E-state index contributed by atoms with van der Waals surface area (Å²) in [4.78, 5) is 12.8. The van der Waals surface area contributed by atoms with Crippen LogP contribution in [0.3, 0.4) is 0 Å². The van der Waals surface area contributed by atoms with Gasteiger partial charge in [0.1, 0.15) is 11.8 Å². The molecule has 0 saturated heterocycles. The van der Waals surface area contributed by atoms with Gasteiger partial charge in [-0.1, -0.05) is 6.07 Å². The lowest BCUT2D eigenvalue weighted by atomic mass is 10.1. The van der Waals surface area contributed by atoms with Crippen molar-refractivity contribution in [3.8, 4) is 11.8 Å². The molecule has 5 nitrogen and oxygen atoms in total. The van der Waals surface area contributed by atoms with Crippen LogP contribution < -0.4 is 4.74 Å². The molecule has 0 atom stereocenters. The zero-order chi connectivity index (χ0) is 13.8. The van der Waals surface area contributed by atoms with E-state index >= 15 is 0 Å². The molecular weight excluding hydrogens is 244 g/mol. The van der Waals surface area contributed by atoms with E-state index in [1.165, 1.54) is 7.11 Å². The van der Waals surface area contributed by atoms with Crippen LogP contribution in [0.4, 0.5) is 0 Å². The summed E-state index contributed by atoms with van der Waals surface area (Å²) in [6.07, 6.45) is 2.10. The molecule has 1 aromatic rings. The molecule has 1 aromatic carbocycles. The molecular formula is C14H16N2O3. The average molecular weight is 260 g/mol. The average Bonchev–Trinajstić information content (AvgIpc) is 3.21. The van der Waals surface area contributed by atoms with Crippen molar-refractivity contribution >= 4 is 5.97 Å². The maximum absolute atomic E-state index is 10.8. The van der Waals surface area contributed by atoms with Gasteiger partial charge in [-0.25, -0.2) is 0 Å². The van der Waals surface area contributed by atoms with Crippen molar-refractivity contribution in [1.29, 1.82) is 5.26 Å². The van der Waals surface area contributed by atoms with Crippen LogP contribution >= 0.6 is 0 Å². The Labute approximate surface area is 112 Å². The summed E-state index contributed by atoms with van der Waals surface area (Å²) >= 11 is 0. The van der Waals surface area contributed by atoms with Crippen molar-refractivity contribution in [2.24, 2.45) is 0 Å². The van der Waals surface area contributed by atoms with Crippen molar-refractivity contribution in [3.63, 3.8) is 0 Å². The van der Waals surface area contributed by atoms with Gasteiger partial charge in [0.25, 0.3) is 0 Å². The van der Waals surface area contributed by atoms with Gasteiger partial charge in [0.2, 0.25) is 0 Å². The van der Waals surface area contributed by atoms with Crippen LogP contribution in [-0.2, 0) is 11.3 Å². The molecule has 1 fully saturated rings. The van der Waals surface area contributed by atoms with E-state index in [1.54, 1.807) is 12.1 Å². The third-order valence-corrected chi connectivity index (χ3v) is 3.17. The van der Waals surface area contributed by atoms with E-state index < -0.39 is 5.97 Å². The van der Waals surface area contributed by atoms with Gasteiger partial charge >= 0.3 is 5.97 Å². The minimum absolute atomic E-state index is 0.0403. The smallest absolute Gasteiger partial charge is 0.317 e. The van der Waals surface area contributed by atoms with E-state index in [2.05, 4.69) is 6.07 Å². The van der Waals surface area contributed by atoms with E-state index in [-0.39, 0.29) is 6.54 Å². The van der Waals surface area contributed by atoms with E-state index in [4.69, 9.17) is 15.1 Å². The molecule has 2 rings (SSSR count). The summed E-state index contributed by atoms with van der Waals surface area (Å²) in [7, 11) is 1.52. The second kappa shape index (κ2) is 5.72. The Morgan fingerprint density at radius 1 is 1.58 bits per heavy atom. The molecule has 100 valence electrons. The predicted molar refractivity (Wildman–Crippen MR) is 68.8 cm³/mol. The fourth-order valence-corrected chi connectivity index (χ4v) is 2.10. The summed E-state index contributed by atoms with van der Waals surface area (Å²) in [6, 6.07) is 7.83. The quantitative estimate of drug-likeness (QED) is 0.841. The number of hydrogen-bond donors (Lipinski definition) is 1. The highest BCUT2D eigenvalue weighted by Crippen LogP contribution is 2.29. The molecule has 0 aliphatic heterocycles. The van der Waals surface area contributed by atoms with Gasteiger partial charge in [-0.3, -0.25) is 9.69 Å². The maximum Gasteiger partial charge on any atom is 0.317 e. The van der Waals surface area contributed by atoms with E-state index in [0.717, 1.165) is 18.4 Å². The van der Waals surface area contributed by atoms with E-state index in [0.29, 0.717) is 23.9 Å². The minimum Gasteiger partial charge on any atom is -0.495 e. The van der Waals surface area contributed by atoms with Crippen LogP contribution in [0.15, 0.2) is 18.2 Å². The summed E-state index contributed by atoms with van der Waals surface area (Å²) in [5, 5.41) is 17.9. The number of nitrogens with zero attached hydrogens (tertiary/aromatic N) is 2. The number of methoxy groups -OCH3 is 1. The Hall–Kier alpha value is -2.06. The fourth-order valence-electron chi connectivity index (χ4n) is 2.10. The number of ether oxygens (including phenoxy) is 1. The normalized spacial score (nSPS) is 14.2. The third kappa shape index (κ3) is 3.46. The highest BCUT2D eigenvalue weighted by atomic mass is 16.5. The summed E-state index contributed by atoms with van der Waals surface area (Å²) in [5.41, 5.74) is 1.41. The zero-order valence-electron chi connectivity index (χ0n) is 10.8. The highest BCUT2D eigenvalue weighted by Gasteiger charge is 2.30. The molecule has 0 spiro atoms. The maximum atomic E-state index is 10.8. The molecule has 1 N–H and O–H groups in total. The Bertz CT molecular complexity index is 518. The molecule has 0 amide bonds. The largest absolute Gasteiger partial charge is 0.495 e. The number of rotatable bonds is 6. The Balaban J connectivity index is 2.13. The molecule has 0 aromatic heterocycles. The van der Waals surface area contributed by atoms with Crippen molar-refractivity contribution in [1.82, 2.24) is 4.90 Å². The van der Waals surface area contributed by atoms with Gasteiger partial charge in [-0.05, 0) is 30.5 Å². The molecule has 0 bridgehead atoms. The van der Waals surface area contributed by atoms with Crippen LogP contribution in [0.5, 0.6) is 5.75 Å². The van der Waals surface area contributed by atoms with E-state index in [1.807, 2.05) is 11.0 Å². The number of aliphatic carboxylic acids is 1. The second-order valence-electron chi connectivity index (χ2n) is 4.68. The summed E-state index contributed by atoms with van der Waals surface area (Å²) in [6.45, 7) is 0.591. The number of benzene rings is 1. The minimum atomic E-state index is -0.819. The number of carbonyl (C=O) groups is 1. The molecule has 5 heteroatoms. The van der Waals surface area contributed by atoms with Gasteiger partial charge < -0.3 is 9.84 Å². The lowest BCUT2D eigenvalue weighted by Crippen LogP contribution is -2.31. The van der Waals surface area contributed by atoms with Gasteiger partial charge in [0.05, 0.1) is 19.2 Å². The SMILES string of the molecule is COc1ccc(CN(CC(=O)O)C2CC2)cc1C#N. The monoisotopic (exact) mass is 260 g/mol. The zero-order valence-corrected chi connectivity index (χ0v) is 10.8. The molecule has 0 radical (unpaired) electrons. The Kier molecular flexibility index (Phi) is 4.03. The Morgan fingerprint density at radius 3 is 2.84 bits per heavy atom. The first-order chi connectivity index (χ1) is 9.13. The molecule has 19 heavy (non-hydrogen) atoms. The van der Waals surface area contributed by atoms with Crippen LogP contribution in [0.2, 0.25) is 0 Å². The van der Waals surface area contributed by atoms with Crippen molar-refractivity contribution in [2.45, 2.75) is 25.4 Å². The molecule has 1 aliphatic carbocycles. The standard InChI is InChI=1S/C14H16N2O3/c1-19-13-5-2-10(6-11(13)7-15)8-16(9-14(17)18)12-3-4-12/h2,5-6,12H,3-4,8-9H2,1H3,(H,17,18). The van der Waals surface area contributed by atoms with Crippen LogP contribution in [0, 0.1) is 11.3 Å². The van der Waals surface area contributed by atoms with Crippen LogP contribution in [0.1, 0.15) is 24.0 Å². The van der Waals surface area contributed by atoms with Crippen molar-refractivity contribution in [2.75, 3.05) is 13.7 Å².